The molecule has 0 radical (unpaired) electrons. The van der Waals surface area contributed by atoms with E-state index in [4.69, 9.17) is 27.9 Å². The molecular formula is C19H28Cl2N4O4S. The van der Waals surface area contributed by atoms with Crippen molar-refractivity contribution >= 4 is 39.3 Å². The van der Waals surface area contributed by atoms with E-state index in [1.165, 1.54) is 4.31 Å². The van der Waals surface area contributed by atoms with Crippen LogP contribution < -0.4 is 10.6 Å². The molecule has 8 nitrogen and oxygen atoms in total. The Balaban J connectivity index is 1.36. The lowest BCUT2D eigenvalue weighted by Crippen LogP contribution is -2.49. The Hall–Kier alpha value is -1.10. The number of morpholine rings is 1. The number of benzene rings is 1. The molecule has 0 spiro atoms. The van der Waals surface area contributed by atoms with Crippen LogP contribution >= 0.6 is 23.2 Å². The predicted molar refractivity (Wildman–Crippen MR) is 117 cm³/mol. The van der Waals surface area contributed by atoms with Crippen molar-refractivity contribution in [3.05, 3.63) is 33.8 Å². The Labute approximate surface area is 187 Å². The van der Waals surface area contributed by atoms with Gasteiger partial charge < -0.3 is 15.4 Å². The number of nitrogens with one attached hydrogen (secondary N) is 2. The minimum absolute atomic E-state index is 0.0830. The average molecular weight is 479 g/mol. The summed E-state index contributed by atoms with van der Waals surface area (Å²) in [6.45, 7) is 4.34. The molecule has 168 valence electrons. The predicted octanol–water partition coefficient (Wildman–Crippen LogP) is 1.92. The Morgan fingerprint density at radius 3 is 2.63 bits per heavy atom. The molecule has 3 rings (SSSR count). The van der Waals surface area contributed by atoms with E-state index in [1.54, 1.807) is 6.07 Å². The van der Waals surface area contributed by atoms with Crippen LogP contribution in [0.2, 0.25) is 10.0 Å². The van der Waals surface area contributed by atoms with Gasteiger partial charge in [0, 0.05) is 45.8 Å². The fraction of sp³-hybridized carbons (Fsp3) is 0.632. The maximum Gasteiger partial charge on any atom is 0.314 e. The summed E-state index contributed by atoms with van der Waals surface area (Å²) in [6, 6.07) is 5.20. The molecule has 0 aromatic heterocycles. The summed E-state index contributed by atoms with van der Waals surface area (Å²) in [5, 5.41) is 6.44. The van der Waals surface area contributed by atoms with E-state index in [2.05, 4.69) is 15.5 Å². The zero-order valence-electron chi connectivity index (χ0n) is 16.8. The number of halogens is 2. The SMILES string of the molecule is O=C(NCCS(=O)(=O)N1CCCC1)NCC1CN(Cc2ccc(Cl)c(Cl)c2)CCO1. The van der Waals surface area contributed by atoms with Gasteiger partial charge in [-0.3, -0.25) is 4.90 Å². The quantitative estimate of drug-likeness (QED) is 0.595. The molecule has 2 saturated heterocycles. The Kier molecular flexibility index (Phi) is 8.62. The standard InChI is InChI=1S/C19H28Cl2N4O4S/c20-17-4-3-15(11-18(17)21)13-24-8-9-29-16(14-24)12-23-19(26)22-5-10-30(27,28)25-6-1-2-7-25/h3-4,11,16H,1-2,5-10,12-14H2,(H2,22,23,26). The summed E-state index contributed by atoms with van der Waals surface area (Å²) in [6.07, 6.45) is 1.66. The van der Waals surface area contributed by atoms with Gasteiger partial charge in [-0.2, -0.15) is 0 Å². The summed E-state index contributed by atoms with van der Waals surface area (Å²) < 4.78 is 31.5. The second-order valence-electron chi connectivity index (χ2n) is 7.54. The van der Waals surface area contributed by atoms with Gasteiger partial charge in [-0.25, -0.2) is 17.5 Å². The minimum Gasteiger partial charge on any atom is -0.374 e. The van der Waals surface area contributed by atoms with Crippen LogP contribution in [0.1, 0.15) is 18.4 Å². The van der Waals surface area contributed by atoms with Crippen molar-refractivity contribution in [2.75, 3.05) is 51.6 Å². The fourth-order valence-electron chi connectivity index (χ4n) is 3.60. The van der Waals surface area contributed by atoms with Crippen molar-refractivity contribution in [1.82, 2.24) is 19.8 Å². The first-order valence-corrected chi connectivity index (χ1v) is 12.5. The van der Waals surface area contributed by atoms with Crippen LogP contribution in [0.15, 0.2) is 18.2 Å². The molecule has 1 atom stereocenters. The number of sulfonamides is 1. The smallest absolute Gasteiger partial charge is 0.314 e. The normalized spacial score (nSPS) is 20.9. The molecule has 2 N–H and O–H groups in total. The van der Waals surface area contributed by atoms with Gasteiger partial charge in [0.05, 0.1) is 28.5 Å². The molecule has 0 bridgehead atoms. The molecule has 2 heterocycles. The summed E-state index contributed by atoms with van der Waals surface area (Å²) in [5.74, 6) is -0.0855. The fourth-order valence-corrected chi connectivity index (χ4v) is 5.36. The van der Waals surface area contributed by atoms with Crippen LogP contribution in [0.25, 0.3) is 0 Å². The van der Waals surface area contributed by atoms with Crippen molar-refractivity contribution < 1.29 is 17.9 Å². The third-order valence-electron chi connectivity index (χ3n) is 5.21. The number of rotatable bonds is 8. The van der Waals surface area contributed by atoms with Crippen LogP contribution in [0.3, 0.4) is 0 Å². The highest BCUT2D eigenvalue weighted by molar-refractivity contribution is 7.89. The van der Waals surface area contributed by atoms with E-state index in [-0.39, 0.29) is 18.4 Å². The van der Waals surface area contributed by atoms with Gasteiger partial charge in [0.25, 0.3) is 0 Å². The van der Waals surface area contributed by atoms with Crippen molar-refractivity contribution in [2.45, 2.75) is 25.5 Å². The van der Waals surface area contributed by atoms with Crippen LogP contribution in [-0.2, 0) is 21.3 Å². The summed E-state index contributed by atoms with van der Waals surface area (Å²) in [5.41, 5.74) is 1.06. The largest absolute Gasteiger partial charge is 0.374 e. The molecule has 0 saturated carbocycles. The van der Waals surface area contributed by atoms with E-state index in [1.807, 2.05) is 12.1 Å². The highest BCUT2D eigenvalue weighted by atomic mass is 35.5. The third kappa shape index (κ3) is 6.96. The Bertz CT molecular complexity index is 834. The van der Waals surface area contributed by atoms with E-state index in [9.17, 15) is 13.2 Å². The number of nitrogens with zero attached hydrogens (tertiary/aromatic N) is 2. The Morgan fingerprint density at radius 1 is 1.13 bits per heavy atom. The van der Waals surface area contributed by atoms with Gasteiger partial charge in [0.15, 0.2) is 0 Å². The van der Waals surface area contributed by atoms with E-state index in [0.29, 0.717) is 42.8 Å². The first-order chi connectivity index (χ1) is 14.3. The lowest BCUT2D eigenvalue weighted by molar-refractivity contribution is -0.0287. The highest BCUT2D eigenvalue weighted by Crippen LogP contribution is 2.23. The van der Waals surface area contributed by atoms with Crippen LogP contribution in [0, 0.1) is 0 Å². The molecule has 2 aliphatic heterocycles. The zero-order valence-corrected chi connectivity index (χ0v) is 19.1. The van der Waals surface area contributed by atoms with Crippen molar-refractivity contribution in [2.24, 2.45) is 0 Å². The third-order valence-corrected chi connectivity index (χ3v) is 7.82. The number of hydrogen-bond acceptors (Lipinski definition) is 5. The molecular weight excluding hydrogens is 451 g/mol. The van der Waals surface area contributed by atoms with E-state index >= 15 is 0 Å². The average Bonchev–Trinajstić information content (AvgIpc) is 3.25. The van der Waals surface area contributed by atoms with Gasteiger partial charge in [-0.15, -0.1) is 0 Å². The molecule has 30 heavy (non-hydrogen) atoms. The number of amides is 2. The summed E-state index contributed by atoms with van der Waals surface area (Å²) in [7, 11) is -3.29. The lowest BCUT2D eigenvalue weighted by Gasteiger charge is -2.33. The Morgan fingerprint density at radius 2 is 1.90 bits per heavy atom. The van der Waals surface area contributed by atoms with Gasteiger partial charge >= 0.3 is 6.03 Å². The molecule has 1 unspecified atom stereocenters. The van der Waals surface area contributed by atoms with Gasteiger partial charge in [0.1, 0.15) is 0 Å². The molecule has 1 aromatic rings. The number of ether oxygens (including phenoxy) is 1. The van der Waals surface area contributed by atoms with Crippen molar-refractivity contribution in [1.29, 1.82) is 0 Å². The second-order valence-corrected chi connectivity index (χ2v) is 10.4. The summed E-state index contributed by atoms with van der Waals surface area (Å²) in [4.78, 5) is 14.2. The van der Waals surface area contributed by atoms with Crippen LogP contribution in [-0.4, -0.2) is 81.4 Å². The summed E-state index contributed by atoms with van der Waals surface area (Å²) >= 11 is 12.0. The molecule has 2 fully saturated rings. The maximum absolute atomic E-state index is 12.2. The first-order valence-electron chi connectivity index (χ1n) is 10.1. The van der Waals surface area contributed by atoms with Gasteiger partial charge in [0.2, 0.25) is 10.0 Å². The monoisotopic (exact) mass is 478 g/mol. The number of carbonyl (C=O) groups excluding carboxylic acids is 1. The van der Waals surface area contributed by atoms with Gasteiger partial charge in [-0.05, 0) is 30.5 Å². The number of carbonyl (C=O) groups is 1. The van der Waals surface area contributed by atoms with Gasteiger partial charge in [-0.1, -0.05) is 29.3 Å². The van der Waals surface area contributed by atoms with Crippen LogP contribution in [0.5, 0.6) is 0 Å². The van der Waals surface area contributed by atoms with Crippen LogP contribution in [0.4, 0.5) is 4.79 Å². The van der Waals surface area contributed by atoms with E-state index < -0.39 is 16.1 Å². The lowest BCUT2D eigenvalue weighted by atomic mass is 10.2. The minimum atomic E-state index is -3.29. The number of hydrogen-bond donors (Lipinski definition) is 2. The molecule has 11 heteroatoms. The highest BCUT2D eigenvalue weighted by Gasteiger charge is 2.25. The number of urea groups is 1. The zero-order chi connectivity index (χ0) is 21.6. The molecule has 1 aromatic carbocycles. The first kappa shape index (κ1) is 23.6. The molecule has 0 aliphatic carbocycles. The topological polar surface area (TPSA) is 91.0 Å². The second kappa shape index (κ2) is 11.0. The van der Waals surface area contributed by atoms with E-state index in [0.717, 1.165) is 31.5 Å². The molecule has 2 aliphatic rings. The maximum atomic E-state index is 12.2. The van der Waals surface area contributed by atoms with Crippen molar-refractivity contribution in [3.8, 4) is 0 Å². The molecule has 2 amide bonds. The van der Waals surface area contributed by atoms with Crippen molar-refractivity contribution in [3.63, 3.8) is 0 Å².